The first-order chi connectivity index (χ1) is 6.74. The summed E-state index contributed by atoms with van der Waals surface area (Å²) >= 11 is 3.65. The van der Waals surface area contributed by atoms with E-state index < -0.39 is 0 Å². The highest BCUT2D eigenvalue weighted by Crippen LogP contribution is 2.19. The van der Waals surface area contributed by atoms with Crippen molar-refractivity contribution in [3.8, 4) is 0 Å². The minimum atomic E-state index is 0.0886. The van der Waals surface area contributed by atoms with Crippen molar-refractivity contribution in [2.24, 2.45) is 0 Å². The first kappa shape index (κ1) is 12.4. The minimum Gasteiger partial charge on any atom is -0.343 e. The fraction of sp³-hybridized carbons (Fsp3) is 0.700. The van der Waals surface area contributed by atoms with Crippen molar-refractivity contribution in [1.82, 2.24) is 5.32 Å². The first-order valence-electron chi connectivity index (χ1n) is 4.89. The van der Waals surface area contributed by atoms with E-state index in [1.165, 1.54) is 31.0 Å². The van der Waals surface area contributed by atoms with Crippen LogP contribution in [0.15, 0.2) is 12.2 Å². The summed E-state index contributed by atoms with van der Waals surface area (Å²) < 4.78 is 0.434. The Labute approximate surface area is 103 Å². The zero-order valence-corrected chi connectivity index (χ0v) is 11.3. The number of alkyl halides is 1. The van der Waals surface area contributed by atoms with Crippen molar-refractivity contribution >= 4 is 39.6 Å². The zero-order valence-electron chi connectivity index (χ0n) is 8.33. The Bertz CT molecular complexity index is 220. The molecule has 1 aliphatic carbocycles. The lowest BCUT2D eigenvalue weighted by molar-refractivity contribution is 0.257. The van der Waals surface area contributed by atoms with Crippen LogP contribution in [0.4, 0.5) is 4.79 Å². The van der Waals surface area contributed by atoms with Crippen LogP contribution in [-0.2, 0) is 0 Å². The number of amides is 1. The largest absolute Gasteiger partial charge is 0.343 e. The second-order valence-electron chi connectivity index (χ2n) is 3.40. The van der Waals surface area contributed by atoms with Gasteiger partial charge in [0, 0.05) is 9.97 Å². The van der Waals surface area contributed by atoms with Crippen LogP contribution >= 0.6 is 34.4 Å². The van der Waals surface area contributed by atoms with Gasteiger partial charge in [-0.05, 0) is 25.5 Å². The molecule has 0 bridgehead atoms. The molecule has 0 saturated carbocycles. The summed E-state index contributed by atoms with van der Waals surface area (Å²) in [5, 5.41) is 3.14. The van der Waals surface area contributed by atoms with Gasteiger partial charge in [0.1, 0.15) is 0 Å². The number of carbonyl (C=O) groups excluding carboxylic acids is 1. The third-order valence-corrected chi connectivity index (χ3v) is 4.10. The van der Waals surface area contributed by atoms with E-state index in [1.807, 2.05) is 6.26 Å². The molecule has 4 heteroatoms. The maximum absolute atomic E-state index is 11.2. The number of thioether (sulfide) groups is 1. The van der Waals surface area contributed by atoms with Gasteiger partial charge in [0.25, 0.3) is 5.24 Å². The van der Waals surface area contributed by atoms with Gasteiger partial charge in [0.2, 0.25) is 0 Å². The van der Waals surface area contributed by atoms with Gasteiger partial charge in [-0.2, -0.15) is 0 Å². The fourth-order valence-electron chi connectivity index (χ4n) is 1.51. The predicted molar refractivity (Wildman–Crippen MR) is 71.3 cm³/mol. The summed E-state index contributed by atoms with van der Waals surface area (Å²) in [6, 6.07) is 0.312. The zero-order chi connectivity index (χ0) is 10.4. The molecular weight excluding hydrogens is 309 g/mol. The topological polar surface area (TPSA) is 29.1 Å². The lowest BCUT2D eigenvalue weighted by Crippen LogP contribution is -2.38. The van der Waals surface area contributed by atoms with Crippen LogP contribution in [0.1, 0.15) is 25.7 Å². The fourth-order valence-corrected chi connectivity index (χ4v) is 2.61. The van der Waals surface area contributed by atoms with E-state index in [9.17, 15) is 4.79 Å². The van der Waals surface area contributed by atoms with Crippen LogP contribution in [0.5, 0.6) is 0 Å². The van der Waals surface area contributed by atoms with E-state index in [0.717, 1.165) is 6.42 Å². The third-order valence-electron chi connectivity index (χ3n) is 2.33. The van der Waals surface area contributed by atoms with E-state index in [-0.39, 0.29) is 5.24 Å². The summed E-state index contributed by atoms with van der Waals surface area (Å²) in [6.45, 7) is 0. The standard InChI is InChI=1S/C10H16INOS/c1-14-10(13)12-9-7-5-3-2-4-6-8(9)11/h4,6,8-9H,2-3,5,7H2,1H3,(H,12,13)/b6-4+/t8?,9-/m1/s1. The van der Waals surface area contributed by atoms with Crippen LogP contribution in [-0.4, -0.2) is 21.5 Å². The van der Waals surface area contributed by atoms with E-state index in [0.29, 0.717) is 9.97 Å². The van der Waals surface area contributed by atoms with Gasteiger partial charge in [0.05, 0.1) is 0 Å². The molecule has 1 N–H and O–H groups in total. The average Bonchev–Trinajstić information content (AvgIpc) is 2.17. The molecule has 0 fully saturated rings. The SMILES string of the molecule is CSC(=O)N[C@@H]1CCCC/C=C/C1I. The van der Waals surface area contributed by atoms with E-state index in [4.69, 9.17) is 0 Å². The van der Waals surface area contributed by atoms with Crippen LogP contribution in [0.25, 0.3) is 0 Å². The Hall–Kier alpha value is 0.290. The van der Waals surface area contributed by atoms with Crippen LogP contribution in [0.2, 0.25) is 0 Å². The molecule has 0 saturated heterocycles. The maximum Gasteiger partial charge on any atom is 0.279 e. The number of hydrogen-bond acceptors (Lipinski definition) is 2. The predicted octanol–water partition coefficient (Wildman–Crippen LogP) is 3.36. The Morgan fingerprint density at radius 1 is 1.57 bits per heavy atom. The molecule has 0 heterocycles. The molecule has 80 valence electrons. The van der Waals surface area contributed by atoms with Gasteiger partial charge in [-0.3, -0.25) is 4.79 Å². The molecule has 0 aromatic carbocycles. The van der Waals surface area contributed by atoms with Gasteiger partial charge in [0.15, 0.2) is 0 Å². The minimum absolute atomic E-state index is 0.0886. The summed E-state index contributed by atoms with van der Waals surface area (Å²) in [6.07, 6.45) is 11.0. The Kier molecular flexibility index (Phi) is 5.93. The lowest BCUT2D eigenvalue weighted by Gasteiger charge is -2.22. The maximum atomic E-state index is 11.2. The molecule has 1 rings (SSSR count). The first-order valence-corrected chi connectivity index (χ1v) is 7.36. The Morgan fingerprint density at radius 2 is 2.36 bits per heavy atom. The Morgan fingerprint density at radius 3 is 3.07 bits per heavy atom. The molecule has 0 spiro atoms. The number of carbonyl (C=O) groups is 1. The molecule has 0 aromatic heterocycles. The van der Waals surface area contributed by atoms with E-state index >= 15 is 0 Å². The molecule has 0 aromatic rings. The van der Waals surface area contributed by atoms with Crippen molar-refractivity contribution in [2.45, 2.75) is 35.6 Å². The highest BCUT2D eigenvalue weighted by molar-refractivity contribution is 14.1. The number of hydrogen-bond donors (Lipinski definition) is 1. The van der Waals surface area contributed by atoms with Crippen molar-refractivity contribution in [3.63, 3.8) is 0 Å². The molecular formula is C10H16INOS. The Balaban J connectivity index is 2.50. The van der Waals surface area contributed by atoms with Crippen molar-refractivity contribution in [2.75, 3.05) is 6.26 Å². The van der Waals surface area contributed by atoms with Gasteiger partial charge < -0.3 is 5.32 Å². The molecule has 14 heavy (non-hydrogen) atoms. The molecule has 1 amide bonds. The molecule has 2 nitrogen and oxygen atoms in total. The van der Waals surface area contributed by atoms with Gasteiger partial charge in [-0.1, -0.05) is 52.9 Å². The second kappa shape index (κ2) is 6.71. The monoisotopic (exact) mass is 325 g/mol. The van der Waals surface area contributed by atoms with E-state index in [1.54, 1.807) is 0 Å². The molecule has 0 aliphatic heterocycles. The smallest absolute Gasteiger partial charge is 0.279 e. The average molecular weight is 325 g/mol. The number of halogens is 1. The van der Waals surface area contributed by atoms with Crippen molar-refractivity contribution in [3.05, 3.63) is 12.2 Å². The van der Waals surface area contributed by atoms with Crippen LogP contribution < -0.4 is 5.32 Å². The van der Waals surface area contributed by atoms with Crippen molar-refractivity contribution in [1.29, 1.82) is 0 Å². The van der Waals surface area contributed by atoms with Gasteiger partial charge in [-0.25, -0.2) is 0 Å². The number of rotatable bonds is 1. The van der Waals surface area contributed by atoms with Gasteiger partial charge >= 0.3 is 0 Å². The van der Waals surface area contributed by atoms with Gasteiger partial charge in [-0.15, -0.1) is 0 Å². The normalized spacial score (nSPS) is 30.1. The highest BCUT2D eigenvalue weighted by atomic mass is 127. The summed E-state index contributed by atoms with van der Waals surface area (Å²) in [7, 11) is 0. The molecule has 2 atom stereocenters. The summed E-state index contributed by atoms with van der Waals surface area (Å²) in [5.41, 5.74) is 0. The van der Waals surface area contributed by atoms with Crippen LogP contribution in [0.3, 0.4) is 0 Å². The van der Waals surface area contributed by atoms with Crippen LogP contribution in [0, 0.1) is 0 Å². The molecule has 1 aliphatic rings. The quantitative estimate of drug-likeness (QED) is 0.455. The number of nitrogens with one attached hydrogen (secondary N) is 1. The third kappa shape index (κ3) is 4.21. The van der Waals surface area contributed by atoms with Crippen molar-refractivity contribution < 1.29 is 4.79 Å². The summed E-state index contributed by atoms with van der Waals surface area (Å²) in [4.78, 5) is 11.2. The molecule has 0 radical (unpaired) electrons. The second-order valence-corrected chi connectivity index (χ2v) is 5.62. The number of allylic oxidation sites excluding steroid dienone is 1. The molecule has 1 unspecified atom stereocenters. The highest BCUT2D eigenvalue weighted by Gasteiger charge is 2.18. The van der Waals surface area contributed by atoms with E-state index in [2.05, 4.69) is 40.1 Å². The lowest BCUT2D eigenvalue weighted by atomic mass is 10.0. The summed E-state index contributed by atoms with van der Waals surface area (Å²) in [5.74, 6) is 0.